The van der Waals surface area contributed by atoms with E-state index in [4.69, 9.17) is 27.9 Å². The molecule has 1 atom stereocenters. The van der Waals surface area contributed by atoms with Crippen molar-refractivity contribution >= 4 is 50.5 Å². The number of nitrogens with zero attached hydrogens (tertiary/aromatic N) is 5. The van der Waals surface area contributed by atoms with Gasteiger partial charge in [0.05, 0.1) is 21.9 Å². The zero-order valence-electron chi connectivity index (χ0n) is 25.2. The van der Waals surface area contributed by atoms with Crippen molar-refractivity contribution in [3.8, 4) is 5.75 Å². The summed E-state index contributed by atoms with van der Waals surface area (Å²) in [6, 6.07) is 7.72. The first kappa shape index (κ1) is 32.2. The van der Waals surface area contributed by atoms with E-state index < -0.39 is 21.6 Å². The van der Waals surface area contributed by atoms with Crippen LogP contribution in [0.25, 0.3) is 5.70 Å². The van der Waals surface area contributed by atoms with E-state index >= 15 is 0 Å². The minimum absolute atomic E-state index is 0.0316. The maximum absolute atomic E-state index is 13.9. The molecule has 0 radical (unpaired) electrons. The number of carbonyl (C=O) groups is 1. The lowest BCUT2D eigenvalue weighted by molar-refractivity contribution is -0.124. The fraction of sp³-hybridized carbons (Fsp3) is 0.433. The number of benzene rings is 2. The smallest absolute Gasteiger partial charge is 0.245 e. The second-order valence-corrected chi connectivity index (χ2v) is 14.4. The number of para-hydroxylation sites is 1. The van der Waals surface area contributed by atoms with Gasteiger partial charge in [0, 0.05) is 29.2 Å². The highest BCUT2D eigenvalue weighted by atomic mass is 35.5. The molecule has 0 bridgehead atoms. The Balaban J connectivity index is 1.38. The molecule has 1 amide bonds. The topological polar surface area (TPSA) is 122 Å². The molecule has 5 rings (SSSR count). The Morgan fingerprint density at radius 2 is 2.02 bits per heavy atom. The second kappa shape index (κ2) is 13.1. The van der Waals surface area contributed by atoms with Gasteiger partial charge in [-0.3, -0.25) is 4.79 Å². The molecule has 0 spiro atoms. The number of aromatic nitrogens is 3. The average molecular weight is 663 g/mol. The van der Waals surface area contributed by atoms with Gasteiger partial charge >= 0.3 is 0 Å². The molecule has 14 heteroatoms. The first-order valence-electron chi connectivity index (χ1n) is 14.4. The number of halogens is 2. The molecule has 2 aliphatic heterocycles. The van der Waals surface area contributed by atoms with Gasteiger partial charge < -0.3 is 20.3 Å². The Bertz CT molecular complexity index is 1660. The Morgan fingerprint density at radius 1 is 1.23 bits per heavy atom. The molecule has 2 aromatic carbocycles. The highest BCUT2D eigenvalue weighted by molar-refractivity contribution is 7.89. The molecule has 1 saturated heterocycles. The van der Waals surface area contributed by atoms with E-state index in [0.717, 1.165) is 29.9 Å². The van der Waals surface area contributed by atoms with Gasteiger partial charge in [0.1, 0.15) is 35.9 Å². The lowest BCUT2D eigenvalue weighted by Crippen LogP contribution is -2.46. The third-order valence-corrected chi connectivity index (χ3v) is 10.5. The van der Waals surface area contributed by atoms with Crippen LogP contribution in [-0.4, -0.2) is 83.6 Å². The van der Waals surface area contributed by atoms with Crippen molar-refractivity contribution in [2.75, 3.05) is 39.0 Å². The van der Waals surface area contributed by atoms with E-state index in [9.17, 15) is 13.2 Å². The van der Waals surface area contributed by atoms with Gasteiger partial charge in [0.25, 0.3) is 0 Å². The summed E-state index contributed by atoms with van der Waals surface area (Å²) in [4.78, 5) is 19.0. The summed E-state index contributed by atoms with van der Waals surface area (Å²) in [5.41, 5.74) is 2.36. The third-order valence-electron chi connectivity index (χ3n) is 7.61. The third kappa shape index (κ3) is 6.74. The number of sulfonamides is 1. The van der Waals surface area contributed by atoms with E-state index in [2.05, 4.69) is 26.8 Å². The van der Waals surface area contributed by atoms with Crippen molar-refractivity contribution in [2.45, 2.75) is 56.2 Å². The minimum atomic E-state index is -4.11. The van der Waals surface area contributed by atoms with E-state index in [1.54, 1.807) is 11.0 Å². The molecule has 3 aromatic rings. The predicted octanol–water partition coefficient (Wildman–Crippen LogP) is 4.48. The number of ether oxygens (including phenoxy) is 1. The molecular weight excluding hydrogens is 625 g/mol. The Morgan fingerprint density at radius 3 is 2.75 bits per heavy atom. The van der Waals surface area contributed by atoms with Crippen molar-refractivity contribution in [3.05, 3.63) is 70.2 Å². The molecule has 1 aromatic heterocycles. The minimum Gasteiger partial charge on any atom is -0.487 e. The normalized spacial score (nSPS) is 18.1. The maximum Gasteiger partial charge on any atom is 0.245 e. The van der Waals surface area contributed by atoms with Crippen LogP contribution in [0, 0.1) is 0 Å². The molecule has 0 aliphatic carbocycles. The van der Waals surface area contributed by atoms with Gasteiger partial charge in [-0.25, -0.2) is 18.1 Å². The summed E-state index contributed by atoms with van der Waals surface area (Å²) in [5, 5.41) is 10.9. The van der Waals surface area contributed by atoms with E-state index in [1.165, 1.54) is 22.8 Å². The standard InChI is InChI=1S/C30H37Cl2N7O4S/c1-30(2)16-24(38-19-33-18-35-38)20-8-5-10-25(28(20)36-30)43-17-21-22(31)11-12-26(27(21)32)44(41,42)39-15-6-9-23(39)29(40)34-13-7-14-37(3)4/h5,8,10-12,16,18-19,23,36H,6-7,9,13-15,17H2,1-4H3,(H,34,40)/t23-/m0/s1. The highest BCUT2D eigenvalue weighted by Gasteiger charge is 2.40. The Kier molecular flexibility index (Phi) is 9.57. The van der Waals surface area contributed by atoms with Gasteiger partial charge in [-0.1, -0.05) is 35.3 Å². The van der Waals surface area contributed by atoms with Crippen LogP contribution in [-0.2, 0) is 21.4 Å². The molecule has 11 nitrogen and oxygen atoms in total. The Hall–Kier alpha value is -3.16. The van der Waals surface area contributed by atoms with Crippen molar-refractivity contribution in [1.82, 2.24) is 29.3 Å². The summed E-state index contributed by atoms with van der Waals surface area (Å²) < 4.78 is 37.0. The first-order chi connectivity index (χ1) is 20.9. The van der Waals surface area contributed by atoms with Crippen LogP contribution in [0.1, 0.15) is 44.2 Å². The van der Waals surface area contributed by atoms with Gasteiger partial charge in [-0.15, -0.1) is 0 Å². The average Bonchev–Trinajstić information content (AvgIpc) is 3.68. The summed E-state index contributed by atoms with van der Waals surface area (Å²) in [6.45, 7) is 5.48. The number of carbonyl (C=O) groups excluding carboxylic acids is 1. The quantitative estimate of drug-likeness (QED) is 0.289. The van der Waals surface area contributed by atoms with Crippen molar-refractivity contribution in [1.29, 1.82) is 0 Å². The SMILES string of the molecule is CN(C)CCCNC(=O)[C@@H]1CCCN1S(=O)(=O)c1ccc(Cl)c(COc2cccc3c2NC(C)(C)C=C3n2cncn2)c1Cl. The van der Waals surface area contributed by atoms with E-state index in [-0.39, 0.29) is 34.0 Å². The molecule has 0 saturated carbocycles. The van der Waals surface area contributed by atoms with Crippen LogP contribution in [0.3, 0.4) is 0 Å². The van der Waals surface area contributed by atoms with Gasteiger partial charge in [0.15, 0.2) is 0 Å². The summed E-state index contributed by atoms with van der Waals surface area (Å²) >= 11 is 13.3. The monoisotopic (exact) mass is 661 g/mol. The van der Waals surface area contributed by atoms with Crippen LogP contribution < -0.4 is 15.4 Å². The zero-order valence-corrected chi connectivity index (χ0v) is 27.5. The molecule has 3 heterocycles. The van der Waals surface area contributed by atoms with Crippen molar-refractivity contribution in [2.24, 2.45) is 0 Å². The summed E-state index contributed by atoms with van der Waals surface area (Å²) in [5.74, 6) is 0.231. The van der Waals surface area contributed by atoms with Crippen LogP contribution in [0.2, 0.25) is 10.0 Å². The number of hydrogen-bond acceptors (Lipinski definition) is 8. The molecule has 1 fully saturated rings. The highest BCUT2D eigenvalue weighted by Crippen LogP contribution is 2.41. The predicted molar refractivity (Wildman–Crippen MR) is 171 cm³/mol. The number of nitrogens with one attached hydrogen (secondary N) is 2. The lowest BCUT2D eigenvalue weighted by atomic mass is 9.94. The second-order valence-electron chi connectivity index (χ2n) is 11.7. The molecule has 0 unspecified atom stereocenters. The van der Waals surface area contributed by atoms with Crippen molar-refractivity contribution in [3.63, 3.8) is 0 Å². The molecule has 236 valence electrons. The summed E-state index contributed by atoms with van der Waals surface area (Å²) in [7, 11) is -0.190. The molecule has 44 heavy (non-hydrogen) atoms. The zero-order chi connectivity index (χ0) is 31.6. The van der Waals surface area contributed by atoms with Crippen LogP contribution >= 0.6 is 23.2 Å². The maximum atomic E-state index is 13.9. The number of hydrogen-bond donors (Lipinski definition) is 2. The number of fused-ring (bicyclic) bond motifs is 1. The van der Waals surface area contributed by atoms with Crippen LogP contribution in [0.15, 0.2) is 54.0 Å². The van der Waals surface area contributed by atoms with Crippen LogP contribution in [0.5, 0.6) is 5.75 Å². The van der Waals surface area contributed by atoms with Gasteiger partial charge in [-0.05, 0) is 78.0 Å². The van der Waals surface area contributed by atoms with Crippen molar-refractivity contribution < 1.29 is 17.9 Å². The molecular formula is C30H37Cl2N7O4S. The molecule has 2 aliphatic rings. The number of rotatable bonds is 11. The largest absolute Gasteiger partial charge is 0.487 e. The Labute approximate surface area is 268 Å². The lowest BCUT2D eigenvalue weighted by Gasteiger charge is -2.33. The van der Waals surface area contributed by atoms with E-state index in [1.807, 2.05) is 51.0 Å². The van der Waals surface area contributed by atoms with Gasteiger partial charge in [0.2, 0.25) is 15.9 Å². The fourth-order valence-corrected chi connectivity index (χ4v) is 8.01. The number of anilines is 1. The molecule has 2 N–H and O–H groups in total. The fourth-order valence-electron chi connectivity index (χ4n) is 5.49. The summed E-state index contributed by atoms with van der Waals surface area (Å²) in [6.07, 6.45) is 6.95. The first-order valence-corrected chi connectivity index (χ1v) is 16.6. The number of amides is 1. The van der Waals surface area contributed by atoms with E-state index in [0.29, 0.717) is 30.7 Å². The van der Waals surface area contributed by atoms with Gasteiger partial charge in [-0.2, -0.15) is 9.40 Å². The van der Waals surface area contributed by atoms with Crippen LogP contribution in [0.4, 0.5) is 5.69 Å².